The van der Waals surface area contributed by atoms with Crippen molar-refractivity contribution in [2.75, 3.05) is 6.61 Å². The predicted octanol–water partition coefficient (Wildman–Crippen LogP) is 2.89. The maximum atomic E-state index is 11.4. The number of nitriles is 1. The largest absolute Gasteiger partial charge is 0.460 e. The Balaban J connectivity index is 2.07. The second-order valence-corrected chi connectivity index (χ2v) is 3.84. The zero-order valence-electron chi connectivity index (χ0n) is 10.9. The van der Waals surface area contributed by atoms with Gasteiger partial charge in [0.15, 0.2) is 0 Å². The summed E-state index contributed by atoms with van der Waals surface area (Å²) in [7, 11) is 0. The van der Waals surface area contributed by atoms with Gasteiger partial charge in [-0.2, -0.15) is 5.26 Å². The molecule has 0 aromatic carbocycles. The Kier molecular flexibility index (Phi) is 4.30. The average Bonchev–Trinajstić information content (AvgIpc) is 2.95. The van der Waals surface area contributed by atoms with Gasteiger partial charge < -0.3 is 9.15 Å². The summed E-state index contributed by atoms with van der Waals surface area (Å²) < 4.78 is 10.2. The third-order valence-corrected chi connectivity index (χ3v) is 2.44. The molecule has 0 N–H and O–H groups in total. The third-order valence-electron chi connectivity index (χ3n) is 2.44. The molecule has 0 unspecified atom stereocenters. The molecule has 0 saturated heterocycles. The van der Waals surface area contributed by atoms with E-state index in [1.807, 2.05) is 6.07 Å². The van der Waals surface area contributed by atoms with E-state index >= 15 is 0 Å². The van der Waals surface area contributed by atoms with E-state index in [0.29, 0.717) is 23.6 Å². The molecule has 0 aliphatic heterocycles. The minimum Gasteiger partial charge on any atom is -0.460 e. The highest BCUT2D eigenvalue weighted by Gasteiger charge is 2.10. The zero-order valence-corrected chi connectivity index (χ0v) is 10.9. The van der Waals surface area contributed by atoms with Crippen molar-refractivity contribution < 1.29 is 13.9 Å². The van der Waals surface area contributed by atoms with Crippen LogP contribution in [0, 0.1) is 11.3 Å². The highest BCUT2D eigenvalue weighted by Crippen LogP contribution is 2.12. The zero-order chi connectivity index (χ0) is 14.4. The molecule has 0 radical (unpaired) electrons. The number of ether oxygens (including phenoxy) is 1. The van der Waals surface area contributed by atoms with E-state index in [-0.39, 0.29) is 5.76 Å². The fourth-order valence-corrected chi connectivity index (χ4v) is 1.49. The Morgan fingerprint density at radius 2 is 2.25 bits per heavy atom. The van der Waals surface area contributed by atoms with E-state index in [9.17, 15) is 4.79 Å². The molecule has 2 heterocycles. The number of nitrogens with zero attached hydrogens (tertiary/aromatic N) is 2. The van der Waals surface area contributed by atoms with Crippen LogP contribution in [0.5, 0.6) is 0 Å². The molecule has 0 aliphatic carbocycles. The molecule has 0 bridgehead atoms. The highest BCUT2D eigenvalue weighted by molar-refractivity contribution is 5.86. The molecule has 0 spiro atoms. The van der Waals surface area contributed by atoms with Gasteiger partial charge in [0, 0.05) is 6.20 Å². The topological polar surface area (TPSA) is 76.1 Å². The Morgan fingerprint density at radius 3 is 2.90 bits per heavy atom. The molecule has 0 atom stereocenters. The van der Waals surface area contributed by atoms with Crippen molar-refractivity contribution in [1.82, 2.24) is 4.98 Å². The summed E-state index contributed by atoms with van der Waals surface area (Å²) in [6.07, 6.45) is 4.91. The van der Waals surface area contributed by atoms with Crippen LogP contribution in [0.1, 0.15) is 34.5 Å². The Bertz CT molecular complexity index is 663. The Morgan fingerprint density at radius 1 is 1.40 bits per heavy atom. The van der Waals surface area contributed by atoms with Gasteiger partial charge >= 0.3 is 5.97 Å². The highest BCUT2D eigenvalue weighted by atomic mass is 16.5. The first-order chi connectivity index (χ1) is 9.72. The minimum atomic E-state index is -0.483. The average molecular weight is 268 g/mol. The molecule has 100 valence electrons. The van der Waals surface area contributed by atoms with Crippen molar-refractivity contribution in [2.45, 2.75) is 6.92 Å². The second kappa shape index (κ2) is 6.34. The lowest BCUT2D eigenvalue weighted by molar-refractivity contribution is 0.0489. The standard InChI is InChI=1S/C15H12N2O3/c1-2-19-15(18)14-8-7-13(20-14)6-5-12-4-3-11(9-16)10-17-12/h3-8,10H,2H2,1H3/b6-5+. The van der Waals surface area contributed by atoms with Gasteiger partial charge in [-0.3, -0.25) is 4.98 Å². The molecule has 2 aromatic heterocycles. The van der Waals surface area contributed by atoms with Crippen molar-refractivity contribution >= 4 is 18.1 Å². The summed E-state index contributed by atoms with van der Waals surface area (Å²) in [4.78, 5) is 15.5. The van der Waals surface area contributed by atoms with Gasteiger partial charge in [0.2, 0.25) is 5.76 Å². The van der Waals surface area contributed by atoms with Crippen LogP contribution >= 0.6 is 0 Å². The van der Waals surface area contributed by atoms with Crippen molar-refractivity contribution in [3.63, 3.8) is 0 Å². The third kappa shape index (κ3) is 3.33. The van der Waals surface area contributed by atoms with Crippen LogP contribution in [0.25, 0.3) is 12.2 Å². The number of esters is 1. The lowest BCUT2D eigenvalue weighted by atomic mass is 10.2. The first-order valence-corrected chi connectivity index (χ1v) is 6.04. The Labute approximate surface area is 116 Å². The number of hydrogen-bond acceptors (Lipinski definition) is 5. The SMILES string of the molecule is CCOC(=O)c1ccc(/C=C/c2ccc(C#N)cn2)o1. The second-order valence-electron chi connectivity index (χ2n) is 3.84. The summed E-state index contributed by atoms with van der Waals surface area (Å²) in [5.74, 6) is 0.210. The molecular formula is C15H12N2O3. The van der Waals surface area contributed by atoms with E-state index in [1.54, 1.807) is 43.3 Å². The van der Waals surface area contributed by atoms with Crippen molar-refractivity contribution in [3.8, 4) is 6.07 Å². The van der Waals surface area contributed by atoms with Crippen molar-refractivity contribution in [3.05, 3.63) is 53.2 Å². The van der Waals surface area contributed by atoms with Gasteiger partial charge in [0.05, 0.1) is 17.9 Å². The quantitative estimate of drug-likeness (QED) is 0.797. The molecule has 0 saturated carbocycles. The minimum absolute atomic E-state index is 0.166. The molecule has 0 amide bonds. The van der Waals surface area contributed by atoms with Crippen LogP contribution in [0.4, 0.5) is 0 Å². The molecule has 20 heavy (non-hydrogen) atoms. The van der Waals surface area contributed by atoms with Crippen molar-refractivity contribution in [1.29, 1.82) is 5.26 Å². The lowest BCUT2D eigenvalue weighted by Crippen LogP contribution is -2.02. The number of pyridine rings is 1. The number of carbonyl (C=O) groups is 1. The normalized spacial score (nSPS) is 10.4. The fourth-order valence-electron chi connectivity index (χ4n) is 1.49. The molecule has 0 aliphatic rings. The van der Waals surface area contributed by atoms with Gasteiger partial charge in [0.1, 0.15) is 11.8 Å². The van der Waals surface area contributed by atoms with Gasteiger partial charge in [-0.05, 0) is 43.3 Å². The number of hydrogen-bond donors (Lipinski definition) is 0. The fraction of sp³-hybridized carbons (Fsp3) is 0.133. The van der Waals surface area contributed by atoms with E-state index in [0.717, 1.165) is 0 Å². The van der Waals surface area contributed by atoms with E-state index < -0.39 is 5.97 Å². The first kappa shape index (κ1) is 13.6. The maximum absolute atomic E-state index is 11.4. The van der Waals surface area contributed by atoms with Crippen LogP contribution < -0.4 is 0 Å². The van der Waals surface area contributed by atoms with Gasteiger partial charge in [-0.15, -0.1) is 0 Å². The maximum Gasteiger partial charge on any atom is 0.374 e. The van der Waals surface area contributed by atoms with Gasteiger partial charge in [-0.1, -0.05) is 0 Å². The van der Waals surface area contributed by atoms with Crippen LogP contribution in [-0.2, 0) is 4.74 Å². The van der Waals surface area contributed by atoms with Crippen LogP contribution in [0.2, 0.25) is 0 Å². The van der Waals surface area contributed by atoms with Gasteiger partial charge in [-0.25, -0.2) is 4.79 Å². The Hall–Kier alpha value is -2.87. The van der Waals surface area contributed by atoms with E-state index in [1.165, 1.54) is 6.20 Å². The molecular weight excluding hydrogens is 256 g/mol. The molecule has 2 rings (SSSR count). The van der Waals surface area contributed by atoms with Crippen LogP contribution in [0.15, 0.2) is 34.9 Å². The summed E-state index contributed by atoms with van der Waals surface area (Å²) in [6, 6.07) is 8.64. The van der Waals surface area contributed by atoms with Gasteiger partial charge in [0.25, 0.3) is 0 Å². The van der Waals surface area contributed by atoms with Crippen LogP contribution in [0.3, 0.4) is 0 Å². The lowest BCUT2D eigenvalue weighted by Gasteiger charge is -1.96. The van der Waals surface area contributed by atoms with Crippen molar-refractivity contribution in [2.24, 2.45) is 0 Å². The summed E-state index contributed by atoms with van der Waals surface area (Å²) in [6.45, 7) is 2.04. The molecule has 5 nitrogen and oxygen atoms in total. The molecule has 5 heteroatoms. The molecule has 0 fully saturated rings. The predicted molar refractivity (Wildman–Crippen MR) is 72.5 cm³/mol. The summed E-state index contributed by atoms with van der Waals surface area (Å²) in [5, 5.41) is 8.67. The van der Waals surface area contributed by atoms with E-state index in [4.69, 9.17) is 14.4 Å². The number of rotatable bonds is 4. The number of furan rings is 1. The van der Waals surface area contributed by atoms with E-state index in [2.05, 4.69) is 4.98 Å². The first-order valence-electron chi connectivity index (χ1n) is 6.04. The number of aromatic nitrogens is 1. The monoisotopic (exact) mass is 268 g/mol. The van der Waals surface area contributed by atoms with Crippen LogP contribution in [-0.4, -0.2) is 17.6 Å². The smallest absolute Gasteiger partial charge is 0.374 e. The summed E-state index contributed by atoms with van der Waals surface area (Å²) in [5.41, 5.74) is 1.20. The summed E-state index contributed by atoms with van der Waals surface area (Å²) >= 11 is 0. The molecule has 2 aromatic rings. The number of carbonyl (C=O) groups excluding carboxylic acids is 1.